The Morgan fingerprint density at radius 2 is 1.59 bits per heavy atom. The van der Waals surface area contributed by atoms with Gasteiger partial charge in [0.05, 0.1) is 5.92 Å². The lowest BCUT2D eigenvalue weighted by atomic mass is 9.63. The van der Waals surface area contributed by atoms with Gasteiger partial charge in [0.2, 0.25) is 0 Å². The van der Waals surface area contributed by atoms with Crippen molar-refractivity contribution in [3.63, 3.8) is 0 Å². The maximum absolute atomic E-state index is 10.8. The van der Waals surface area contributed by atoms with Crippen LogP contribution in [0.2, 0.25) is 0 Å². The van der Waals surface area contributed by atoms with E-state index in [0.717, 1.165) is 13.1 Å². The van der Waals surface area contributed by atoms with Crippen molar-refractivity contribution in [2.75, 3.05) is 13.1 Å². The number of likely N-dealkylation sites (tertiary alicyclic amines) is 1. The van der Waals surface area contributed by atoms with Crippen LogP contribution in [0.3, 0.4) is 0 Å². The van der Waals surface area contributed by atoms with E-state index in [2.05, 4.69) is 32.6 Å². The van der Waals surface area contributed by atoms with Crippen LogP contribution in [-0.4, -0.2) is 35.1 Å². The second kappa shape index (κ2) is 3.98. The highest BCUT2D eigenvalue weighted by Crippen LogP contribution is 2.48. The van der Waals surface area contributed by atoms with Gasteiger partial charge in [-0.25, -0.2) is 0 Å². The number of carboxylic acid groups (broad SMARTS) is 1. The minimum absolute atomic E-state index is 0.122. The highest BCUT2D eigenvalue weighted by molar-refractivity contribution is 5.71. The molecule has 2 fully saturated rings. The quantitative estimate of drug-likeness (QED) is 0.805. The van der Waals surface area contributed by atoms with Gasteiger partial charge < -0.3 is 5.11 Å². The lowest BCUT2D eigenvalue weighted by Crippen LogP contribution is -2.58. The van der Waals surface area contributed by atoms with Crippen molar-refractivity contribution in [2.45, 2.75) is 53.0 Å². The summed E-state index contributed by atoms with van der Waals surface area (Å²) in [6, 6.07) is 0.587. The molecule has 1 N–H and O–H groups in total. The van der Waals surface area contributed by atoms with E-state index in [-0.39, 0.29) is 5.92 Å². The van der Waals surface area contributed by atoms with E-state index in [0.29, 0.717) is 16.9 Å². The molecule has 0 aromatic rings. The molecule has 1 heterocycles. The van der Waals surface area contributed by atoms with Gasteiger partial charge >= 0.3 is 5.97 Å². The summed E-state index contributed by atoms with van der Waals surface area (Å²) < 4.78 is 0. The molecule has 0 aromatic carbocycles. The first-order valence-corrected chi connectivity index (χ1v) is 6.65. The highest BCUT2D eigenvalue weighted by Gasteiger charge is 2.44. The Kier molecular flexibility index (Phi) is 3.01. The van der Waals surface area contributed by atoms with Crippen LogP contribution in [-0.2, 0) is 4.79 Å². The third kappa shape index (κ3) is 2.82. The van der Waals surface area contributed by atoms with E-state index in [9.17, 15) is 4.79 Å². The molecule has 17 heavy (non-hydrogen) atoms. The average molecular weight is 239 g/mol. The van der Waals surface area contributed by atoms with Crippen LogP contribution in [0.15, 0.2) is 0 Å². The van der Waals surface area contributed by atoms with Crippen molar-refractivity contribution in [3.8, 4) is 0 Å². The van der Waals surface area contributed by atoms with Crippen molar-refractivity contribution in [3.05, 3.63) is 0 Å². The normalized spacial score (nSPS) is 29.9. The second-order valence-electron chi connectivity index (χ2n) is 7.56. The van der Waals surface area contributed by atoms with Gasteiger partial charge in [-0.3, -0.25) is 9.69 Å². The molecular weight excluding hydrogens is 214 g/mol. The minimum Gasteiger partial charge on any atom is -0.481 e. The third-order valence-corrected chi connectivity index (χ3v) is 4.31. The number of nitrogens with zero attached hydrogens (tertiary/aromatic N) is 1. The summed E-state index contributed by atoms with van der Waals surface area (Å²) in [7, 11) is 0. The monoisotopic (exact) mass is 239 g/mol. The zero-order valence-electron chi connectivity index (χ0n) is 11.5. The van der Waals surface area contributed by atoms with Crippen LogP contribution in [0.1, 0.15) is 47.0 Å². The molecule has 1 aliphatic carbocycles. The summed E-state index contributed by atoms with van der Waals surface area (Å²) >= 11 is 0. The number of hydrogen-bond donors (Lipinski definition) is 1. The molecule has 2 aliphatic rings. The molecule has 3 heteroatoms. The van der Waals surface area contributed by atoms with Gasteiger partial charge in [0.25, 0.3) is 0 Å². The molecule has 0 spiro atoms. The Hall–Kier alpha value is -0.570. The molecular formula is C14H25NO2. The zero-order valence-corrected chi connectivity index (χ0v) is 11.5. The average Bonchev–Trinajstić information content (AvgIpc) is 1.91. The number of carbonyl (C=O) groups is 1. The van der Waals surface area contributed by atoms with E-state index in [4.69, 9.17) is 5.11 Å². The van der Waals surface area contributed by atoms with E-state index in [1.54, 1.807) is 0 Å². The van der Waals surface area contributed by atoms with Crippen molar-refractivity contribution in [1.82, 2.24) is 4.90 Å². The Morgan fingerprint density at radius 3 is 2.00 bits per heavy atom. The first-order chi connectivity index (χ1) is 7.69. The molecule has 1 saturated carbocycles. The fourth-order valence-electron chi connectivity index (χ4n) is 4.01. The van der Waals surface area contributed by atoms with Crippen molar-refractivity contribution in [2.24, 2.45) is 16.7 Å². The van der Waals surface area contributed by atoms with Gasteiger partial charge in [-0.15, -0.1) is 0 Å². The van der Waals surface area contributed by atoms with Gasteiger partial charge in [0.1, 0.15) is 0 Å². The van der Waals surface area contributed by atoms with E-state index >= 15 is 0 Å². The van der Waals surface area contributed by atoms with E-state index in [1.165, 1.54) is 19.3 Å². The molecule has 1 saturated heterocycles. The highest BCUT2D eigenvalue weighted by atomic mass is 16.4. The molecule has 3 nitrogen and oxygen atoms in total. The third-order valence-electron chi connectivity index (χ3n) is 4.31. The lowest BCUT2D eigenvalue weighted by molar-refractivity contribution is -0.150. The van der Waals surface area contributed by atoms with E-state index in [1.807, 2.05) is 0 Å². The van der Waals surface area contributed by atoms with Gasteiger partial charge in [-0.2, -0.15) is 0 Å². The summed E-state index contributed by atoms with van der Waals surface area (Å²) in [5, 5.41) is 8.93. The molecule has 98 valence electrons. The van der Waals surface area contributed by atoms with Gasteiger partial charge in [-0.1, -0.05) is 27.7 Å². The van der Waals surface area contributed by atoms with Crippen molar-refractivity contribution in [1.29, 1.82) is 0 Å². The largest absolute Gasteiger partial charge is 0.481 e. The minimum atomic E-state index is -0.629. The van der Waals surface area contributed by atoms with Gasteiger partial charge in [0, 0.05) is 19.1 Å². The predicted octanol–water partition coefficient (Wildman–Crippen LogP) is 2.61. The lowest BCUT2D eigenvalue weighted by Gasteiger charge is -2.52. The Balaban J connectivity index is 1.96. The number of hydrogen-bond acceptors (Lipinski definition) is 2. The van der Waals surface area contributed by atoms with Crippen LogP contribution < -0.4 is 0 Å². The van der Waals surface area contributed by atoms with Crippen LogP contribution in [0.25, 0.3) is 0 Å². The summed E-state index contributed by atoms with van der Waals surface area (Å²) in [5.41, 5.74) is 0.779. The number of aliphatic carboxylic acids is 1. The Bertz CT molecular complexity index is 300. The molecule has 0 radical (unpaired) electrons. The fraction of sp³-hybridized carbons (Fsp3) is 0.929. The molecule has 1 aliphatic heterocycles. The van der Waals surface area contributed by atoms with Gasteiger partial charge in [0.15, 0.2) is 0 Å². The second-order valence-corrected chi connectivity index (χ2v) is 7.56. The Morgan fingerprint density at radius 1 is 1.12 bits per heavy atom. The Labute approximate surface area is 104 Å². The molecule has 0 atom stereocenters. The maximum atomic E-state index is 10.8. The summed E-state index contributed by atoms with van der Waals surface area (Å²) in [6.45, 7) is 10.9. The molecule has 0 amide bonds. The molecule has 0 unspecified atom stereocenters. The van der Waals surface area contributed by atoms with Gasteiger partial charge in [-0.05, 0) is 30.1 Å². The van der Waals surface area contributed by atoms with Crippen molar-refractivity contribution < 1.29 is 9.90 Å². The summed E-state index contributed by atoms with van der Waals surface area (Å²) in [6.07, 6.45) is 3.69. The first kappa shape index (κ1) is 12.9. The molecule has 0 bridgehead atoms. The van der Waals surface area contributed by atoms with Crippen LogP contribution >= 0.6 is 0 Å². The summed E-state index contributed by atoms with van der Waals surface area (Å²) in [5.74, 6) is -0.751. The molecule has 0 aromatic heterocycles. The topological polar surface area (TPSA) is 40.5 Å². The number of carboxylic acids is 1. The van der Waals surface area contributed by atoms with E-state index < -0.39 is 5.97 Å². The fourth-order valence-corrected chi connectivity index (χ4v) is 4.01. The smallest absolute Gasteiger partial charge is 0.309 e. The summed E-state index contributed by atoms with van der Waals surface area (Å²) in [4.78, 5) is 13.2. The zero-order chi connectivity index (χ0) is 12.8. The maximum Gasteiger partial charge on any atom is 0.309 e. The van der Waals surface area contributed by atoms with Crippen LogP contribution in [0.4, 0.5) is 0 Å². The first-order valence-electron chi connectivity index (χ1n) is 6.65. The van der Waals surface area contributed by atoms with Crippen molar-refractivity contribution >= 4 is 5.97 Å². The van der Waals surface area contributed by atoms with Crippen LogP contribution in [0, 0.1) is 16.7 Å². The van der Waals surface area contributed by atoms with Crippen LogP contribution in [0.5, 0.6) is 0 Å². The number of rotatable bonds is 2. The standard InChI is InChI=1S/C14H25NO2/c1-13(2)5-11(6-14(3,4)9-13)15-7-10(8-15)12(16)17/h10-11H,5-9H2,1-4H3,(H,16,17). The SMILES string of the molecule is CC1(C)CC(N2CC(C(=O)O)C2)CC(C)(C)C1. The molecule has 2 rings (SSSR count). The predicted molar refractivity (Wildman–Crippen MR) is 67.9 cm³/mol.